The van der Waals surface area contributed by atoms with E-state index in [1.807, 2.05) is 10.9 Å². The molecule has 1 aliphatic rings. The Morgan fingerprint density at radius 3 is 2.81 bits per heavy atom. The lowest BCUT2D eigenvalue weighted by molar-refractivity contribution is 0.339. The number of benzene rings is 1. The van der Waals surface area contributed by atoms with Gasteiger partial charge in [-0.15, -0.1) is 5.10 Å². The van der Waals surface area contributed by atoms with Gasteiger partial charge in [0.2, 0.25) is 0 Å². The van der Waals surface area contributed by atoms with Crippen molar-refractivity contribution in [3.05, 3.63) is 42.0 Å². The number of aromatic nitrogens is 3. The van der Waals surface area contributed by atoms with Gasteiger partial charge in [0.25, 0.3) is 0 Å². The summed E-state index contributed by atoms with van der Waals surface area (Å²) < 4.78 is 15.0. The largest absolute Gasteiger partial charge is 0.370 e. The zero-order valence-electron chi connectivity index (χ0n) is 11.6. The Hall–Kier alpha value is -2.42. The SMILES string of the molecule is N#Cc1cc(F)ccc1N1CCC(Cn2ccnn2)CC1. The van der Waals surface area contributed by atoms with Gasteiger partial charge in [0.1, 0.15) is 11.9 Å². The summed E-state index contributed by atoms with van der Waals surface area (Å²) in [5.41, 5.74) is 1.24. The first kappa shape index (κ1) is 13.6. The molecule has 0 bridgehead atoms. The molecule has 1 aliphatic heterocycles. The van der Waals surface area contributed by atoms with Crippen LogP contribution in [-0.4, -0.2) is 28.1 Å². The van der Waals surface area contributed by atoms with Crippen LogP contribution in [0.15, 0.2) is 30.6 Å². The van der Waals surface area contributed by atoms with Crippen molar-refractivity contribution < 1.29 is 4.39 Å². The highest BCUT2D eigenvalue weighted by Crippen LogP contribution is 2.27. The van der Waals surface area contributed by atoms with Crippen molar-refractivity contribution in [1.82, 2.24) is 15.0 Å². The first-order valence-electron chi connectivity index (χ1n) is 7.05. The minimum absolute atomic E-state index is 0.364. The van der Waals surface area contributed by atoms with Crippen LogP contribution in [0.1, 0.15) is 18.4 Å². The highest BCUT2D eigenvalue weighted by Gasteiger charge is 2.21. The van der Waals surface area contributed by atoms with Crippen molar-refractivity contribution in [3.63, 3.8) is 0 Å². The van der Waals surface area contributed by atoms with Crippen LogP contribution in [0.5, 0.6) is 0 Å². The lowest BCUT2D eigenvalue weighted by atomic mass is 9.96. The third-order valence-electron chi connectivity index (χ3n) is 3.95. The van der Waals surface area contributed by atoms with Gasteiger partial charge in [-0.1, -0.05) is 5.21 Å². The topological polar surface area (TPSA) is 57.7 Å². The van der Waals surface area contributed by atoms with E-state index >= 15 is 0 Å². The molecule has 1 saturated heterocycles. The summed E-state index contributed by atoms with van der Waals surface area (Å²) in [4.78, 5) is 2.16. The molecule has 0 N–H and O–H groups in total. The summed E-state index contributed by atoms with van der Waals surface area (Å²) >= 11 is 0. The molecule has 1 aromatic carbocycles. The molecule has 0 atom stereocenters. The first-order chi connectivity index (χ1) is 10.3. The fourth-order valence-corrected chi connectivity index (χ4v) is 2.82. The molecule has 0 unspecified atom stereocenters. The molecule has 2 heterocycles. The molecule has 3 rings (SSSR count). The van der Waals surface area contributed by atoms with Crippen LogP contribution in [0.4, 0.5) is 10.1 Å². The van der Waals surface area contributed by atoms with Crippen LogP contribution in [0.3, 0.4) is 0 Å². The van der Waals surface area contributed by atoms with Crippen molar-refractivity contribution in [2.45, 2.75) is 19.4 Å². The van der Waals surface area contributed by atoms with Crippen molar-refractivity contribution in [2.24, 2.45) is 5.92 Å². The van der Waals surface area contributed by atoms with Crippen molar-refractivity contribution in [2.75, 3.05) is 18.0 Å². The number of nitrogens with zero attached hydrogens (tertiary/aromatic N) is 5. The maximum Gasteiger partial charge on any atom is 0.124 e. The van der Waals surface area contributed by atoms with Gasteiger partial charge in [0.15, 0.2) is 0 Å². The minimum atomic E-state index is -0.364. The van der Waals surface area contributed by atoms with Crippen LogP contribution < -0.4 is 4.90 Å². The highest BCUT2D eigenvalue weighted by molar-refractivity contribution is 5.59. The van der Waals surface area contributed by atoms with Crippen molar-refractivity contribution >= 4 is 5.69 Å². The molecule has 6 heteroatoms. The number of anilines is 1. The van der Waals surface area contributed by atoms with Crippen LogP contribution in [0, 0.1) is 23.1 Å². The summed E-state index contributed by atoms with van der Waals surface area (Å²) in [5, 5.41) is 16.9. The van der Waals surface area contributed by atoms with E-state index in [-0.39, 0.29) is 5.82 Å². The summed E-state index contributed by atoms with van der Waals surface area (Å²) in [5.74, 6) is 0.199. The number of rotatable bonds is 3. The van der Waals surface area contributed by atoms with Crippen molar-refractivity contribution in [1.29, 1.82) is 5.26 Å². The zero-order chi connectivity index (χ0) is 14.7. The second-order valence-corrected chi connectivity index (χ2v) is 5.33. The molecule has 0 amide bonds. The van der Waals surface area contributed by atoms with E-state index < -0.39 is 0 Å². The van der Waals surface area contributed by atoms with Gasteiger partial charge in [0, 0.05) is 25.8 Å². The third kappa shape index (κ3) is 3.02. The molecular formula is C15H16FN5. The van der Waals surface area contributed by atoms with E-state index in [0.29, 0.717) is 11.5 Å². The fourth-order valence-electron chi connectivity index (χ4n) is 2.82. The summed E-state index contributed by atoms with van der Waals surface area (Å²) in [6.07, 6.45) is 5.62. The zero-order valence-corrected chi connectivity index (χ0v) is 11.6. The number of piperidine rings is 1. The molecule has 0 radical (unpaired) electrons. The maximum absolute atomic E-state index is 13.2. The van der Waals surface area contributed by atoms with Gasteiger partial charge in [-0.2, -0.15) is 5.26 Å². The van der Waals surface area contributed by atoms with Gasteiger partial charge in [-0.3, -0.25) is 4.68 Å². The number of hydrogen-bond donors (Lipinski definition) is 0. The van der Waals surface area contributed by atoms with Crippen LogP contribution in [0.25, 0.3) is 0 Å². The number of halogens is 1. The average Bonchev–Trinajstić information content (AvgIpc) is 3.01. The van der Waals surface area contributed by atoms with Crippen LogP contribution in [0.2, 0.25) is 0 Å². The molecule has 108 valence electrons. The van der Waals surface area contributed by atoms with E-state index in [2.05, 4.69) is 21.3 Å². The second-order valence-electron chi connectivity index (χ2n) is 5.33. The van der Waals surface area contributed by atoms with Crippen LogP contribution in [-0.2, 0) is 6.54 Å². The van der Waals surface area contributed by atoms with E-state index in [1.165, 1.54) is 12.1 Å². The number of hydrogen-bond acceptors (Lipinski definition) is 4. The first-order valence-corrected chi connectivity index (χ1v) is 7.05. The van der Waals surface area contributed by atoms with Crippen molar-refractivity contribution in [3.8, 4) is 6.07 Å². The predicted octanol–water partition coefficient (Wildman–Crippen LogP) is 2.21. The Kier molecular flexibility index (Phi) is 3.82. The Bertz CT molecular complexity index is 639. The molecule has 5 nitrogen and oxygen atoms in total. The van der Waals surface area contributed by atoms with E-state index in [0.717, 1.165) is 38.2 Å². The standard InChI is InChI=1S/C15H16FN5/c16-14-1-2-15(13(9-14)10-17)20-6-3-12(4-7-20)11-21-8-5-18-19-21/h1-2,5,8-9,12H,3-4,6-7,11H2. The lowest BCUT2D eigenvalue weighted by Crippen LogP contribution is -2.35. The third-order valence-corrected chi connectivity index (χ3v) is 3.95. The molecule has 0 spiro atoms. The normalized spacial score (nSPS) is 15.9. The van der Waals surface area contributed by atoms with Gasteiger partial charge >= 0.3 is 0 Å². The van der Waals surface area contributed by atoms with Gasteiger partial charge in [-0.25, -0.2) is 4.39 Å². The fraction of sp³-hybridized carbons (Fsp3) is 0.400. The predicted molar refractivity (Wildman–Crippen MR) is 76.1 cm³/mol. The van der Waals surface area contributed by atoms with Gasteiger partial charge < -0.3 is 4.90 Å². The van der Waals surface area contributed by atoms with E-state index in [1.54, 1.807) is 12.3 Å². The highest BCUT2D eigenvalue weighted by atomic mass is 19.1. The quantitative estimate of drug-likeness (QED) is 0.867. The Labute approximate surface area is 122 Å². The minimum Gasteiger partial charge on any atom is -0.370 e. The molecule has 0 saturated carbocycles. The molecule has 2 aromatic rings. The van der Waals surface area contributed by atoms with E-state index in [4.69, 9.17) is 5.26 Å². The second kappa shape index (κ2) is 5.92. The Morgan fingerprint density at radius 2 is 2.14 bits per heavy atom. The lowest BCUT2D eigenvalue weighted by Gasteiger charge is -2.34. The summed E-state index contributed by atoms with van der Waals surface area (Å²) in [6, 6.07) is 6.49. The molecule has 0 aliphatic carbocycles. The number of nitriles is 1. The maximum atomic E-state index is 13.2. The monoisotopic (exact) mass is 285 g/mol. The summed E-state index contributed by atoms with van der Waals surface area (Å²) in [6.45, 7) is 2.63. The molecule has 1 fully saturated rings. The molecule has 21 heavy (non-hydrogen) atoms. The van der Waals surface area contributed by atoms with Gasteiger partial charge in [0.05, 0.1) is 17.4 Å². The Balaban J connectivity index is 1.65. The Morgan fingerprint density at radius 1 is 1.33 bits per heavy atom. The molecule has 1 aromatic heterocycles. The average molecular weight is 285 g/mol. The molecular weight excluding hydrogens is 269 g/mol. The smallest absolute Gasteiger partial charge is 0.124 e. The summed E-state index contributed by atoms with van der Waals surface area (Å²) in [7, 11) is 0. The van der Waals surface area contributed by atoms with E-state index in [9.17, 15) is 4.39 Å². The van der Waals surface area contributed by atoms with Crippen LogP contribution >= 0.6 is 0 Å². The van der Waals surface area contributed by atoms with Gasteiger partial charge in [-0.05, 0) is 37.0 Å².